The van der Waals surface area contributed by atoms with Crippen molar-refractivity contribution in [3.8, 4) is 0 Å². The molecular formula is C12H15N. The minimum atomic E-state index is 1.06. The van der Waals surface area contributed by atoms with Crippen LogP contribution in [0.1, 0.15) is 12.0 Å². The first-order valence-electron chi connectivity index (χ1n) is 5.18. The van der Waals surface area contributed by atoms with Gasteiger partial charge in [-0.25, -0.2) is 0 Å². The summed E-state index contributed by atoms with van der Waals surface area (Å²) in [4.78, 5) is 2.59. The second-order valence-corrected chi connectivity index (χ2v) is 4.44. The first-order valence-corrected chi connectivity index (χ1v) is 5.18. The van der Waals surface area contributed by atoms with Gasteiger partial charge in [0.1, 0.15) is 0 Å². The quantitative estimate of drug-likeness (QED) is 0.662. The van der Waals surface area contributed by atoms with Gasteiger partial charge >= 0.3 is 0 Å². The van der Waals surface area contributed by atoms with E-state index in [0.717, 1.165) is 18.4 Å². The van der Waals surface area contributed by atoms with Crippen LogP contribution in [-0.2, 0) is 6.54 Å². The van der Waals surface area contributed by atoms with E-state index in [4.69, 9.17) is 0 Å². The number of hydrogen-bond acceptors (Lipinski definition) is 1. The first kappa shape index (κ1) is 7.57. The largest absolute Gasteiger partial charge is 0.299 e. The molecule has 13 heavy (non-hydrogen) atoms. The molecule has 0 radical (unpaired) electrons. The normalized spacial score (nSPS) is 31.7. The fraction of sp³-hybridized carbons (Fsp3) is 0.500. The van der Waals surface area contributed by atoms with Crippen LogP contribution in [0, 0.1) is 11.8 Å². The standard InChI is InChI=1S/C12H15N/c1-2-4-10(5-3-1)7-13-8-11-6-12(11)9-13/h1-5,11-12H,6-9H2/t11-,12?/m1/s1. The predicted molar refractivity (Wildman–Crippen MR) is 53.3 cm³/mol. The molecule has 0 N–H and O–H groups in total. The zero-order valence-electron chi connectivity index (χ0n) is 7.82. The average molecular weight is 173 g/mol. The molecule has 68 valence electrons. The molecule has 1 aliphatic carbocycles. The van der Waals surface area contributed by atoms with Gasteiger partial charge in [0.05, 0.1) is 0 Å². The van der Waals surface area contributed by atoms with E-state index in [1.54, 1.807) is 0 Å². The SMILES string of the molecule is c1ccc(CN2CC3C[C@@H]3C2)cc1. The summed E-state index contributed by atoms with van der Waals surface area (Å²) in [7, 11) is 0. The van der Waals surface area contributed by atoms with Gasteiger partial charge in [0, 0.05) is 19.6 Å². The van der Waals surface area contributed by atoms with Crippen LogP contribution in [0.4, 0.5) is 0 Å². The molecule has 0 aromatic heterocycles. The maximum Gasteiger partial charge on any atom is 0.0233 e. The number of hydrogen-bond donors (Lipinski definition) is 0. The first-order chi connectivity index (χ1) is 6.42. The Morgan fingerprint density at radius 2 is 1.77 bits per heavy atom. The summed E-state index contributed by atoms with van der Waals surface area (Å²) < 4.78 is 0. The molecule has 1 unspecified atom stereocenters. The van der Waals surface area contributed by atoms with Gasteiger partial charge in [-0.1, -0.05) is 30.3 Å². The molecule has 1 saturated carbocycles. The highest BCUT2D eigenvalue weighted by Gasteiger charge is 2.44. The summed E-state index contributed by atoms with van der Waals surface area (Å²) in [6.07, 6.45) is 1.51. The maximum atomic E-state index is 2.59. The number of likely N-dealkylation sites (tertiary alicyclic amines) is 1. The molecule has 1 heterocycles. The van der Waals surface area contributed by atoms with Gasteiger partial charge in [0.15, 0.2) is 0 Å². The zero-order valence-corrected chi connectivity index (χ0v) is 7.82. The number of piperidine rings is 1. The Kier molecular flexibility index (Phi) is 1.66. The van der Waals surface area contributed by atoms with Gasteiger partial charge in [-0.15, -0.1) is 0 Å². The van der Waals surface area contributed by atoms with Gasteiger partial charge in [0.25, 0.3) is 0 Å². The lowest BCUT2D eigenvalue weighted by Gasteiger charge is -2.16. The summed E-state index contributed by atoms with van der Waals surface area (Å²) in [5.74, 6) is 2.12. The number of rotatable bonds is 2. The molecule has 0 spiro atoms. The number of fused-ring (bicyclic) bond motifs is 1. The van der Waals surface area contributed by atoms with Gasteiger partial charge in [-0.05, 0) is 23.8 Å². The molecule has 1 heteroatoms. The molecular weight excluding hydrogens is 158 g/mol. The molecule has 2 aliphatic rings. The molecule has 2 fully saturated rings. The van der Waals surface area contributed by atoms with Gasteiger partial charge in [-0.2, -0.15) is 0 Å². The van der Waals surface area contributed by atoms with Crippen LogP contribution in [-0.4, -0.2) is 18.0 Å². The second-order valence-electron chi connectivity index (χ2n) is 4.44. The third-order valence-electron chi connectivity index (χ3n) is 3.30. The molecule has 1 saturated heterocycles. The topological polar surface area (TPSA) is 3.24 Å². The lowest BCUT2D eigenvalue weighted by Crippen LogP contribution is -2.21. The van der Waals surface area contributed by atoms with Crippen molar-refractivity contribution in [2.45, 2.75) is 13.0 Å². The van der Waals surface area contributed by atoms with Crippen LogP contribution in [0.2, 0.25) is 0 Å². The van der Waals surface area contributed by atoms with Crippen molar-refractivity contribution in [3.63, 3.8) is 0 Å². The van der Waals surface area contributed by atoms with Crippen molar-refractivity contribution in [1.29, 1.82) is 0 Å². The highest BCUT2D eigenvalue weighted by Crippen LogP contribution is 2.45. The van der Waals surface area contributed by atoms with E-state index in [-0.39, 0.29) is 0 Å². The van der Waals surface area contributed by atoms with E-state index >= 15 is 0 Å². The highest BCUT2D eigenvalue weighted by molar-refractivity contribution is 5.15. The molecule has 0 amide bonds. The van der Waals surface area contributed by atoms with Crippen molar-refractivity contribution in [2.75, 3.05) is 13.1 Å². The van der Waals surface area contributed by atoms with E-state index < -0.39 is 0 Å². The van der Waals surface area contributed by atoms with E-state index in [1.807, 2.05) is 0 Å². The monoisotopic (exact) mass is 173 g/mol. The third kappa shape index (κ3) is 1.49. The Labute approximate surface area is 79.4 Å². The van der Waals surface area contributed by atoms with Crippen molar-refractivity contribution in [1.82, 2.24) is 4.90 Å². The van der Waals surface area contributed by atoms with Crippen molar-refractivity contribution >= 4 is 0 Å². The van der Waals surface area contributed by atoms with Crippen molar-refractivity contribution in [3.05, 3.63) is 35.9 Å². The van der Waals surface area contributed by atoms with Gasteiger partial charge in [0.2, 0.25) is 0 Å². The average Bonchev–Trinajstić information content (AvgIpc) is 2.76. The van der Waals surface area contributed by atoms with Crippen LogP contribution in [0.15, 0.2) is 30.3 Å². The Morgan fingerprint density at radius 1 is 1.08 bits per heavy atom. The van der Waals surface area contributed by atoms with Crippen molar-refractivity contribution < 1.29 is 0 Å². The van der Waals surface area contributed by atoms with Crippen molar-refractivity contribution in [2.24, 2.45) is 11.8 Å². The molecule has 1 nitrogen and oxygen atoms in total. The zero-order chi connectivity index (χ0) is 8.67. The summed E-state index contributed by atoms with van der Waals surface area (Å²) in [6.45, 7) is 3.85. The van der Waals surface area contributed by atoms with E-state index in [0.29, 0.717) is 0 Å². The van der Waals surface area contributed by atoms with Gasteiger partial charge in [-0.3, -0.25) is 4.90 Å². The summed E-state index contributed by atoms with van der Waals surface area (Å²) >= 11 is 0. The molecule has 1 aromatic carbocycles. The second kappa shape index (κ2) is 2.85. The Morgan fingerprint density at radius 3 is 2.46 bits per heavy atom. The Bertz CT molecular complexity index is 283. The van der Waals surface area contributed by atoms with E-state index in [9.17, 15) is 0 Å². The maximum absolute atomic E-state index is 2.59. The number of benzene rings is 1. The minimum Gasteiger partial charge on any atom is -0.299 e. The highest BCUT2D eigenvalue weighted by atomic mass is 15.2. The third-order valence-corrected chi connectivity index (χ3v) is 3.30. The van der Waals surface area contributed by atoms with Crippen LogP contribution in [0.3, 0.4) is 0 Å². The van der Waals surface area contributed by atoms with Crippen LogP contribution in [0.25, 0.3) is 0 Å². The number of nitrogens with zero attached hydrogens (tertiary/aromatic N) is 1. The molecule has 1 aliphatic heterocycles. The van der Waals surface area contributed by atoms with Crippen LogP contribution in [0.5, 0.6) is 0 Å². The molecule has 1 aromatic rings. The lowest BCUT2D eigenvalue weighted by atomic mass is 10.2. The van der Waals surface area contributed by atoms with Gasteiger partial charge < -0.3 is 0 Å². The van der Waals surface area contributed by atoms with E-state index in [2.05, 4.69) is 35.2 Å². The Balaban J connectivity index is 1.63. The fourth-order valence-electron chi connectivity index (χ4n) is 2.47. The summed E-state index contributed by atoms with van der Waals surface area (Å²) in [6, 6.07) is 10.8. The minimum absolute atomic E-state index is 1.06. The van der Waals surface area contributed by atoms with Crippen LogP contribution < -0.4 is 0 Å². The molecule has 0 bridgehead atoms. The summed E-state index contributed by atoms with van der Waals surface area (Å²) in [5, 5.41) is 0. The predicted octanol–water partition coefficient (Wildman–Crippen LogP) is 2.14. The molecule has 2 atom stereocenters. The van der Waals surface area contributed by atoms with Crippen LogP contribution >= 0.6 is 0 Å². The van der Waals surface area contributed by atoms with E-state index in [1.165, 1.54) is 25.1 Å². The lowest BCUT2D eigenvalue weighted by molar-refractivity contribution is 0.297. The fourth-order valence-corrected chi connectivity index (χ4v) is 2.47. The smallest absolute Gasteiger partial charge is 0.0233 e. The Hall–Kier alpha value is -0.820. The molecule has 3 rings (SSSR count). The summed E-state index contributed by atoms with van der Waals surface area (Å²) in [5.41, 5.74) is 1.46.